The number of aryl methyl sites for hydroxylation is 1. The molecule has 15 heavy (non-hydrogen) atoms. The summed E-state index contributed by atoms with van der Waals surface area (Å²) in [4.78, 5) is 12.3. The zero-order chi connectivity index (χ0) is 11.6. The van der Waals surface area contributed by atoms with Gasteiger partial charge in [-0.3, -0.25) is 4.79 Å². The predicted molar refractivity (Wildman–Crippen MR) is 65.5 cm³/mol. The average molecular weight is 293 g/mol. The second-order valence-corrected chi connectivity index (χ2v) is 4.17. The van der Waals surface area contributed by atoms with Crippen molar-refractivity contribution < 1.29 is 9.53 Å². The van der Waals surface area contributed by atoms with Gasteiger partial charge in [-0.25, -0.2) is 0 Å². The van der Waals surface area contributed by atoms with Gasteiger partial charge in [0.1, 0.15) is 5.75 Å². The van der Waals surface area contributed by atoms with E-state index < -0.39 is 0 Å². The predicted octanol–water partition coefficient (Wildman–Crippen LogP) is 3.61. The van der Waals surface area contributed by atoms with Crippen LogP contribution in [0.1, 0.15) is 5.56 Å². The Bertz CT molecular complexity index is 395. The highest BCUT2D eigenvalue weighted by atomic mass is 79.9. The quantitative estimate of drug-likeness (QED) is 0.615. The maximum atomic E-state index is 11.2. The van der Waals surface area contributed by atoms with Gasteiger partial charge in [0.25, 0.3) is 4.82 Å². The van der Waals surface area contributed by atoms with Crippen LogP contribution in [-0.4, -0.2) is 19.0 Å². The molecule has 0 saturated carbocycles. The molecule has 0 aliphatic carbocycles. The van der Waals surface area contributed by atoms with Crippen LogP contribution in [0.2, 0.25) is 5.02 Å². The third kappa shape index (κ3) is 2.63. The van der Waals surface area contributed by atoms with Gasteiger partial charge in [0.05, 0.1) is 12.8 Å². The summed E-state index contributed by atoms with van der Waals surface area (Å²) in [5, 5.41) is 0.603. The van der Waals surface area contributed by atoms with Crippen LogP contribution in [0.25, 0.3) is 0 Å². The lowest BCUT2D eigenvalue weighted by Gasteiger charge is -2.18. The molecule has 1 rings (SSSR count). The Morgan fingerprint density at radius 3 is 2.60 bits per heavy atom. The Hall–Kier alpha value is -0.740. The van der Waals surface area contributed by atoms with Gasteiger partial charge < -0.3 is 9.64 Å². The number of amides is 1. The number of halogens is 2. The van der Waals surface area contributed by atoms with Crippen LogP contribution in [0.3, 0.4) is 0 Å². The summed E-state index contributed by atoms with van der Waals surface area (Å²) < 4.78 is 5.18. The minimum atomic E-state index is -0.249. The monoisotopic (exact) mass is 291 g/mol. The van der Waals surface area contributed by atoms with E-state index in [9.17, 15) is 4.79 Å². The summed E-state index contributed by atoms with van der Waals surface area (Å²) in [5.41, 5.74) is 1.54. The number of nitrogens with zero attached hydrogens (tertiary/aromatic N) is 1. The largest absolute Gasteiger partial charge is 0.495 e. The van der Waals surface area contributed by atoms with Crippen molar-refractivity contribution >= 4 is 38.0 Å². The summed E-state index contributed by atoms with van der Waals surface area (Å²) in [7, 11) is 3.19. The summed E-state index contributed by atoms with van der Waals surface area (Å²) in [6.07, 6.45) is 0. The Morgan fingerprint density at radius 1 is 1.53 bits per heavy atom. The number of carbonyl (C=O) groups excluding carboxylic acids is 1. The second kappa shape index (κ2) is 4.86. The SMILES string of the molecule is COc1cc(C)c(Cl)cc1N(C)C(=O)Br. The fourth-order valence-corrected chi connectivity index (χ4v) is 1.51. The molecule has 1 aromatic rings. The first-order chi connectivity index (χ1) is 6.97. The van der Waals surface area contributed by atoms with E-state index in [1.54, 1.807) is 26.3 Å². The van der Waals surface area contributed by atoms with Crippen LogP contribution in [-0.2, 0) is 0 Å². The fourth-order valence-electron chi connectivity index (χ4n) is 1.16. The van der Waals surface area contributed by atoms with Crippen LogP contribution in [0.4, 0.5) is 10.5 Å². The highest BCUT2D eigenvalue weighted by Crippen LogP contribution is 2.33. The third-order valence-electron chi connectivity index (χ3n) is 2.09. The molecule has 82 valence electrons. The Labute approximate surface area is 102 Å². The minimum absolute atomic E-state index is 0.249. The molecular weight excluding hydrogens is 281 g/mol. The highest BCUT2D eigenvalue weighted by Gasteiger charge is 2.14. The summed E-state index contributed by atoms with van der Waals surface area (Å²) in [6.45, 7) is 1.88. The van der Waals surface area contributed by atoms with E-state index in [2.05, 4.69) is 15.9 Å². The molecule has 0 atom stereocenters. The minimum Gasteiger partial charge on any atom is -0.495 e. The van der Waals surface area contributed by atoms with Gasteiger partial charge in [-0.15, -0.1) is 0 Å². The van der Waals surface area contributed by atoms with Crippen molar-refractivity contribution in [2.75, 3.05) is 19.1 Å². The molecule has 0 radical (unpaired) electrons. The van der Waals surface area contributed by atoms with Crippen LogP contribution >= 0.6 is 27.5 Å². The first-order valence-corrected chi connectivity index (χ1v) is 5.41. The molecule has 5 heteroatoms. The topological polar surface area (TPSA) is 29.5 Å². The van der Waals surface area contributed by atoms with E-state index in [-0.39, 0.29) is 4.82 Å². The molecule has 1 aromatic carbocycles. The molecule has 0 fully saturated rings. The van der Waals surface area contributed by atoms with E-state index in [1.165, 1.54) is 4.90 Å². The van der Waals surface area contributed by atoms with Crippen LogP contribution in [0, 0.1) is 6.92 Å². The van der Waals surface area contributed by atoms with Crippen molar-refractivity contribution in [2.24, 2.45) is 0 Å². The third-order valence-corrected chi connectivity index (χ3v) is 3.02. The lowest BCUT2D eigenvalue weighted by atomic mass is 10.2. The van der Waals surface area contributed by atoms with Gasteiger partial charge in [0.2, 0.25) is 0 Å². The van der Waals surface area contributed by atoms with E-state index in [1.807, 2.05) is 6.92 Å². The zero-order valence-electron chi connectivity index (χ0n) is 8.67. The number of rotatable bonds is 2. The molecule has 0 saturated heterocycles. The zero-order valence-corrected chi connectivity index (χ0v) is 11.0. The van der Waals surface area contributed by atoms with Gasteiger partial charge in [-0.2, -0.15) is 0 Å². The summed E-state index contributed by atoms with van der Waals surface area (Å²) >= 11 is 8.85. The first-order valence-electron chi connectivity index (χ1n) is 4.24. The van der Waals surface area contributed by atoms with Gasteiger partial charge in [-0.1, -0.05) is 11.6 Å². The van der Waals surface area contributed by atoms with E-state index in [0.717, 1.165) is 5.56 Å². The van der Waals surface area contributed by atoms with Gasteiger partial charge >= 0.3 is 0 Å². The van der Waals surface area contributed by atoms with Crippen LogP contribution in [0.5, 0.6) is 5.75 Å². The van der Waals surface area contributed by atoms with Crippen molar-refractivity contribution in [3.63, 3.8) is 0 Å². The first kappa shape index (κ1) is 12.3. The number of benzene rings is 1. The van der Waals surface area contributed by atoms with E-state index >= 15 is 0 Å². The Balaban J connectivity index is 3.27. The van der Waals surface area contributed by atoms with Gasteiger partial charge in [0, 0.05) is 28.0 Å². The normalized spacial score (nSPS) is 9.93. The standard InChI is InChI=1S/C10H11BrClNO2/c1-6-4-9(15-3)8(5-7(6)12)13(2)10(11)14/h4-5H,1-3H3. The Kier molecular flexibility index (Phi) is 3.99. The number of hydrogen-bond donors (Lipinski definition) is 0. The number of hydrogen-bond acceptors (Lipinski definition) is 2. The maximum absolute atomic E-state index is 11.2. The molecule has 0 aliphatic rings. The highest BCUT2D eigenvalue weighted by molar-refractivity contribution is 9.18. The van der Waals surface area contributed by atoms with Crippen molar-refractivity contribution in [3.8, 4) is 5.75 Å². The smallest absolute Gasteiger partial charge is 0.293 e. The number of methoxy groups -OCH3 is 1. The number of anilines is 1. The lowest BCUT2D eigenvalue weighted by Crippen LogP contribution is -2.19. The second-order valence-electron chi connectivity index (χ2n) is 3.09. The van der Waals surface area contributed by atoms with Crippen molar-refractivity contribution in [1.82, 2.24) is 0 Å². The molecule has 1 amide bonds. The molecule has 0 aromatic heterocycles. The van der Waals surface area contributed by atoms with Crippen molar-refractivity contribution in [3.05, 3.63) is 22.7 Å². The Morgan fingerprint density at radius 2 is 2.13 bits per heavy atom. The molecule has 0 N–H and O–H groups in total. The van der Waals surface area contributed by atoms with Crippen molar-refractivity contribution in [2.45, 2.75) is 6.92 Å². The molecule has 0 bridgehead atoms. The van der Waals surface area contributed by atoms with E-state index in [0.29, 0.717) is 16.5 Å². The van der Waals surface area contributed by atoms with E-state index in [4.69, 9.17) is 16.3 Å². The van der Waals surface area contributed by atoms with Gasteiger partial charge in [0.15, 0.2) is 0 Å². The summed E-state index contributed by atoms with van der Waals surface area (Å²) in [6, 6.07) is 3.50. The molecular formula is C10H11BrClNO2. The average Bonchev–Trinajstić information content (AvgIpc) is 2.20. The molecule has 0 heterocycles. The lowest BCUT2D eigenvalue weighted by molar-refractivity contribution is 0.266. The molecule has 0 unspecified atom stereocenters. The summed E-state index contributed by atoms with van der Waals surface area (Å²) in [5.74, 6) is 0.618. The molecule has 0 aliphatic heterocycles. The number of carbonyl (C=O) groups is 1. The van der Waals surface area contributed by atoms with Gasteiger partial charge in [-0.05, 0) is 24.6 Å². The molecule has 0 spiro atoms. The maximum Gasteiger partial charge on any atom is 0.293 e. The van der Waals surface area contributed by atoms with Crippen molar-refractivity contribution in [1.29, 1.82) is 0 Å². The van der Waals surface area contributed by atoms with Crippen LogP contribution in [0.15, 0.2) is 12.1 Å². The molecule has 3 nitrogen and oxygen atoms in total. The van der Waals surface area contributed by atoms with Crippen LogP contribution < -0.4 is 9.64 Å². The fraction of sp³-hybridized carbons (Fsp3) is 0.300. The number of ether oxygens (including phenoxy) is 1.